The molecule has 0 aliphatic rings. The van der Waals surface area contributed by atoms with E-state index in [2.05, 4.69) is 0 Å². The van der Waals surface area contributed by atoms with Crippen molar-refractivity contribution in [3.8, 4) is 0 Å². The Morgan fingerprint density at radius 2 is 1.50 bits per heavy atom. The molecule has 0 atom stereocenters. The predicted molar refractivity (Wildman–Crippen MR) is 73.1 cm³/mol. The van der Waals surface area contributed by atoms with Crippen molar-refractivity contribution in [1.82, 2.24) is 0 Å². The van der Waals surface area contributed by atoms with E-state index in [1.54, 1.807) is 0 Å². The van der Waals surface area contributed by atoms with Crippen LogP contribution in [0.5, 0.6) is 0 Å². The molecule has 2 rings (SSSR count). The van der Waals surface area contributed by atoms with Gasteiger partial charge in [-0.15, -0.1) is 0 Å². The first-order valence-electron chi connectivity index (χ1n) is 6.33. The average Bonchev–Trinajstić information content (AvgIpc) is 2.44. The first kappa shape index (κ1) is 14.3. The largest absolute Gasteiger partial charge is 0.326 e. The van der Waals surface area contributed by atoms with Gasteiger partial charge in [0.2, 0.25) is 0 Å². The van der Waals surface area contributed by atoms with Crippen LogP contribution in [-0.2, 0) is 24.2 Å². The van der Waals surface area contributed by atoms with Gasteiger partial charge in [0.25, 0.3) is 0 Å². The van der Waals surface area contributed by atoms with Crippen LogP contribution in [0.15, 0.2) is 42.5 Å². The normalized spacial score (nSPS) is 10.6. The van der Waals surface area contributed by atoms with Crippen LogP contribution in [0, 0.1) is 11.6 Å². The molecule has 0 unspecified atom stereocenters. The van der Waals surface area contributed by atoms with Crippen molar-refractivity contribution in [1.29, 1.82) is 0 Å². The van der Waals surface area contributed by atoms with E-state index in [1.165, 1.54) is 12.1 Å². The topological polar surface area (TPSA) is 43.1 Å². The van der Waals surface area contributed by atoms with Gasteiger partial charge in [0.05, 0.1) is 0 Å². The summed E-state index contributed by atoms with van der Waals surface area (Å²) in [7, 11) is 0. The molecule has 104 valence electrons. The van der Waals surface area contributed by atoms with Gasteiger partial charge in [-0.25, -0.2) is 8.78 Å². The minimum Gasteiger partial charge on any atom is -0.326 e. The molecule has 0 spiro atoms. The Morgan fingerprint density at radius 3 is 2.20 bits per heavy atom. The maximum absolute atomic E-state index is 13.5. The molecule has 2 N–H and O–H groups in total. The molecule has 0 amide bonds. The SMILES string of the molecule is NCc1ccccc1CC(=O)Cc1cccc(F)c1F. The summed E-state index contributed by atoms with van der Waals surface area (Å²) in [5, 5.41) is 0. The molecule has 0 aliphatic heterocycles. The second-order valence-corrected chi connectivity index (χ2v) is 4.58. The van der Waals surface area contributed by atoms with Gasteiger partial charge in [0, 0.05) is 19.4 Å². The Hall–Kier alpha value is -2.07. The molecule has 2 nitrogen and oxygen atoms in total. The minimum atomic E-state index is -0.951. The lowest BCUT2D eigenvalue weighted by Gasteiger charge is -2.07. The van der Waals surface area contributed by atoms with Gasteiger partial charge in [-0.3, -0.25) is 4.79 Å². The Kier molecular flexibility index (Phi) is 4.58. The van der Waals surface area contributed by atoms with Crippen LogP contribution in [0.3, 0.4) is 0 Å². The number of carbonyl (C=O) groups is 1. The number of carbonyl (C=O) groups excluding carboxylic acids is 1. The number of rotatable bonds is 5. The van der Waals surface area contributed by atoms with Crippen molar-refractivity contribution in [3.63, 3.8) is 0 Å². The van der Waals surface area contributed by atoms with Crippen LogP contribution in [0.25, 0.3) is 0 Å². The second-order valence-electron chi connectivity index (χ2n) is 4.58. The van der Waals surface area contributed by atoms with E-state index < -0.39 is 11.6 Å². The Balaban J connectivity index is 2.11. The van der Waals surface area contributed by atoms with Crippen LogP contribution >= 0.6 is 0 Å². The van der Waals surface area contributed by atoms with Gasteiger partial charge in [-0.1, -0.05) is 36.4 Å². The standard InChI is InChI=1S/C16H15F2NO/c17-15-7-3-6-12(16(15)18)9-14(20)8-11-4-1-2-5-13(11)10-19/h1-7H,8-10,19H2. The molecule has 2 aromatic carbocycles. The van der Waals surface area contributed by atoms with Gasteiger partial charge in [0.15, 0.2) is 11.6 Å². The molecule has 0 fully saturated rings. The fourth-order valence-electron chi connectivity index (χ4n) is 2.10. The zero-order valence-corrected chi connectivity index (χ0v) is 10.9. The highest BCUT2D eigenvalue weighted by Crippen LogP contribution is 2.14. The van der Waals surface area contributed by atoms with Crippen molar-refractivity contribution in [2.24, 2.45) is 5.73 Å². The van der Waals surface area contributed by atoms with Gasteiger partial charge in [0.1, 0.15) is 5.78 Å². The van der Waals surface area contributed by atoms with Crippen LogP contribution in [-0.4, -0.2) is 5.78 Å². The Bertz CT molecular complexity index is 626. The van der Waals surface area contributed by atoms with Crippen molar-refractivity contribution in [2.45, 2.75) is 19.4 Å². The van der Waals surface area contributed by atoms with E-state index in [-0.39, 0.29) is 24.2 Å². The van der Waals surface area contributed by atoms with E-state index in [0.717, 1.165) is 17.2 Å². The number of hydrogen-bond donors (Lipinski definition) is 1. The van der Waals surface area contributed by atoms with E-state index in [0.29, 0.717) is 6.54 Å². The van der Waals surface area contributed by atoms with Gasteiger partial charge in [-0.2, -0.15) is 0 Å². The third kappa shape index (κ3) is 3.27. The fraction of sp³-hybridized carbons (Fsp3) is 0.188. The van der Waals surface area contributed by atoms with Gasteiger partial charge >= 0.3 is 0 Å². The van der Waals surface area contributed by atoms with Crippen molar-refractivity contribution in [2.75, 3.05) is 0 Å². The monoisotopic (exact) mass is 275 g/mol. The summed E-state index contributed by atoms with van der Waals surface area (Å²) in [6.07, 6.45) is 0.0474. The zero-order valence-electron chi connectivity index (χ0n) is 10.9. The minimum absolute atomic E-state index is 0.0835. The highest BCUT2D eigenvalue weighted by molar-refractivity contribution is 5.83. The summed E-state index contributed by atoms with van der Waals surface area (Å²) >= 11 is 0. The number of Topliss-reactive ketones (excluding diaryl/α,β-unsaturated/α-hetero) is 1. The molecule has 0 saturated heterocycles. The molecule has 2 aromatic rings. The maximum Gasteiger partial charge on any atom is 0.162 e. The maximum atomic E-state index is 13.5. The van der Waals surface area contributed by atoms with Crippen LogP contribution < -0.4 is 5.73 Å². The number of benzene rings is 2. The summed E-state index contributed by atoms with van der Waals surface area (Å²) in [5.74, 6) is -2.05. The Morgan fingerprint density at radius 1 is 0.900 bits per heavy atom. The molecule has 0 aliphatic carbocycles. The van der Waals surface area contributed by atoms with Crippen LogP contribution in [0.4, 0.5) is 8.78 Å². The van der Waals surface area contributed by atoms with Crippen LogP contribution in [0.1, 0.15) is 16.7 Å². The lowest BCUT2D eigenvalue weighted by molar-refractivity contribution is -0.117. The summed E-state index contributed by atoms with van der Waals surface area (Å²) in [4.78, 5) is 12.0. The highest BCUT2D eigenvalue weighted by atomic mass is 19.2. The third-order valence-corrected chi connectivity index (χ3v) is 3.15. The lowest BCUT2D eigenvalue weighted by atomic mass is 9.98. The quantitative estimate of drug-likeness (QED) is 0.911. The lowest BCUT2D eigenvalue weighted by Crippen LogP contribution is -2.11. The van der Waals surface area contributed by atoms with E-state index in [9.17, 15) is 13.6 Å². The molecule has 0 aromatic heterocycles. The van der Waals surface area contributed by atoms with E-state index in [4.69, 9.17) is 5.73 Å². The van der Waals surface area contributed by atoms with Crippen molar-refractivity contribution >= 4 is 5.78 Å². The highest BCUT2D eigenvalue weighted by Gasteiger charge is 2.13. The molecule has 0 saturated carbocycles. The first-order valence-corrected chi connectivity index (χ1v) is 6.33. The van der Waals surface area contributed by atoms with Crippen LogP contribution in [0.2, 0.25) is 0 Å². The van der Waals surface area contributed by atoms with Crippen molar-refractivity contribution < 1.29 is 13.6 Å². The zero-order chi connectivity index (χ0) is 14.5. The smallest absolute Gasteiger partial charge is 0.162 e. The fourth-order valence-corrected chi connectivity index (χ4v) is 2.10. The first-order chi connectivity index (χ1) is 9.61. The van der Waals surface area contributed by atoms with E-state index in [1.807, 2.05) is 24.3 Å². The average molecular weight is 275 g/mol. The molecule has 4 heteroatoms. The number of nitrogens with two attached hydrogens (primary N) is 1. The molecule has 0 bridgehead atoms. The second kappa shape index (κ2) is 6.39. The molecule has 0 radical (unpaired) electrons. The molecular formula is C16H15F2NO. The number of hydrogen-bond acceptors (Lipinski definition) is 2. The predicted octanol–water partition coefficient (Wildman–Crippen LogP) is 2.78. The summed E-state index contributed by atoms with van der Waals surface area (Å²) in [6, 6.07) is 11.2. The summed E-state index contributed by atoms with van der Waals surface area (Å²) < 4.78 is 26.6. The third-order valence-electron chi connectivity index (χ3n) is 3.15. The number of ketones is 1. The molecule has 0 heterocycles. The van der Waals surface area contributed by atoms with E-state index >= 15 is 0 Å². The Labute approximate surface area is 116 Å². The van der Waals surface area contributed by atoms with Gasteiger partial charge in [-0.05, 0) is 22.8 Å². The van der Waals surface area contributed by atoms with Crippen molar-refractivity contribution in [3.05, 3.63) is 70.8 Å². The molecular weight excluding hydrogens is 260 g/mol. The van der Waals surface area contributed by atoms with Gasteiger partial charge < -0.3 is 5.73 Å². The number of halogens is 2. The summed E-state index contributed by atoms with van der Waals surface area (Å²) in [5.41, 5.74) is 7.41. The summed E-state index contributed by atoms with van der Waals surface area (Å²) in [6.45, 7) is 0.345. The molecule has 20 heavy (non-hydrogen) atoms.